The van der Waals surface area contributed by atoms with Crippen LogP contribution in [0.1, 0.15) is 24.0 Å². The molecule has 0 fully saturated rings. The van der Waals surface area contributed by atoms with Crippen LogP contribution in [-0.2, 0) is 9.84 Å². The topological polar surface area (TPSA) is 127 Å². The van der Waals surface area contributed by atoms with E-state index in [2.05, 4.69) is 0 Å². The minimum absolute atomic E-state index is 0.0550. The monoisotopic (exact) mass is 436 g/mol. The Morgan fingerprint density at radius 2 is 1.03 bits per heavy atom. The van der Waals surface area contributed by atoms with E-state index >= 15 is 0 Å². The van der Waals surface area contributed by atoms with Crippen molar-refractivity contribution in [3.8, 4) is 0 Å². The van der Waals surface area contributed by atoms with Gasteiger partial charge in [-0.3, -0.25) is 0 Å². The molecule has 160 valence electrons. The molecule has 6 N–H and O–H groups in total. The standard InChI is InChI=1S/C24H24N2O4S/c25-23(27)13-11-21(19(15-23)17-7-3-1-4-8-17)31(29,30)22-12-14-24(26,28)16-20(22)18-9-5-2-6-10-18/h1-14,27-28H,15-16,25-26H2. The summed E-state index contributed by atoms with van der Waals surface area (Å²) in [5, 5.41) is 20.8. The first-order chi connectivity index (χ1) is 14.6. The van der Waals surface area contributed by atoms with Crippen LogP contribution in [0.5, 0.6) is 0 Å². The SMILES string of the molecule is NC1(O)C=CC(S(=O)(=O)C2=C(c3ccccc3)CC(N)(O)C=C2)=C(c2ccccc2)C1. The summed E-state index contributed by atoms with van der Waals surface area (Å²) in [6.45, 7) is 0. The Bertz CT molecular complexity index is 1130. The van der Waals surface area contributed by atoms with Crippen LogP contribution in [0, 0.1) is 0 Å². The molecule has 0 amide bonds. The van der Waals surface area contributed by atoms with Crippen molar-refractivity contribution in [3.63, 3.8) is 0 Å². The summed E-state index contributed by atoms with van der Waals surface area (Å²) in [6, 6.07) is 18.0. The zero-order chi connectivity index (χ0) is 22.3. The van der Waals surface area contributed by atoms with Crippen LogP contribution in [0.15, 0.2) is 94.8 Å². The van der Waals surface area contributed by atoms with E-state index in [4.69, 9.17) is 11.5 Å². The highest BCUT2D eigenvalue weighted by Crippen LogP contribution is 2.41. The molecule has 6 nitrogen and oxygen atoms in total. The van der Waals surface area contributed by atoms with E-state index in [-0.39, 0.29) is 22.7 Å². The van der Waals surface area contributed by atoms with Gasteiger partial charge in [0, 0.05) is 12.8 Å². The predicted molar refractivity (Wildman–Crippen MR) is 121 cm³/mol. The van der Waals surface area contributed by atoms with Gasteiger partial charge < -0.3 is 21.7 Å². The third-order valence-corrected chi connectivity index (χ3v) is 7.31. The van der Waals surface area contributed by atoms with Crippen LogP contribution in [0.25, 0.3) is 11.1 Å². The van der Waals surface area contributed by atoms with E-state index < -0.39 is 21.3 Å². The molecule has 0 saturated carbocycles. The molecule has 0 aliphatic heterocycles. The normalized spacial score (nSPS) is 26.5. The molecule has 7 heteroatoms. The number of allylic oxidation sites excluding steroid dienone is 2. The molecule has 2 unspecified atom stereocenters. The molecular weight excluding hydrogens is 412 g/mol. The largest absolute Gasteiger partial charge is 0.372 e. The van der Waals surface area contributed by atoms with Gasteiger partial charge in [-0.05, 0) is 46.6 Å². The van der Waals surface area contributed by atoms with Crippen LogP contribution in [0.4, 0.5) is 0 Å². The molecule has 2 aromatic carbocycles. The van der Waals surface area contributed by atoms with Crippen molar-refractivity contribution in [2.24, 2.45) is 11.5 Å². The number of rotatable bonds is 4. The second-order valence-corrected chi connectivity index (χ2v) is 9.81. The Kier molecular flexibility index (Phi) is 5.33. The molecule has 0 aromatic heterocycles. The van der Waals surface area contributed by atoms with Crippen LogP contribution < -0.4 is 11.5 Å². The summed E-state index contributed by atoms with van der Waals surface area (Å²) >= 11 is 0. The van der Waals surface area contributed by atoms with Crippen LogP contribution >= 0.6 is 0 Å². The third-order valence-electron chi connectivity index (χ3n) is 5.38. The Balaban J connectivity index is 1.95. The summed E-state index contributed by atoms with van der Waals surface area (Å²) < 4.78 is 27.7. The molecule has 2 atom stereocenters. The molecule has 0 saturated heterocycles. The van der Waals surface area contributed by atoms with Crippen molar-refractivity contribution in [2.45, 2.75) is 24.3 Å². The second-order valence-electron chi connectivity index (χ2n) is 7.92. The van der Waals surface area contributed by atoms with Gasteiger partial charge in [0.15, 0.2) is 0 Å². The lowest BCUT2D eigenvalue weighted by Gasteiger charge is -2.30. The first-order valence-corrected chi connectivity index (χ1v) is 11.3. The maximum atomic E-state index is 13.9. The van der Waals surface area contributed by atoms with Crippen molar-refractivity contribution in [1.82, 2.24) is 0 Å². The van der Waals surface area contributed by atoms with Gasteiger partial charge in [-0.2, -0.15) is 0 Å². The van der Waals surface area contributed by atoms with Gasteiger partial charge in [-0.15, -0.1) is 0 Å². The molecule has 2 aliphatic rings. The van der Waals surface area contributed by atoms with Crippen molar-refractivity contribution in [1.29, 1.82) is 0 Å². The van der Waals surface area contributed by atoms with E-state index in [0.717, 1.165) is 0 Å². The Morgan fingerprint density at radius 1 is 0.677 bits per heavy atom. The van der Waals surface area contributed by atoms with E-state index in [1.807, 2.05) is 12.1 Å². The first kappa shape index (κ1) is 21.4. The number of nitrogens with two attached hydrogens (primary N) is 2. The lowest BCUT2D eigenvalue weighted by molar-refractivity contribution is 0.103. The third kappa shape index (κ3) is 4.32. The van der Waals surface area contributed by atoms with Gasteiger partial charge in [0.2, 0.25) is 9.84 Å². The van der Waals surface area contributed by atoms with Gasteiger partial charge in [-0.25, -0.2) is 8.42 Å². The molecular formula is C24H24N2O4S. The lowest BCUT2D eigenvalue weighted by Crippen LogP contribution is -2.40. The fourth-order valence-electron chi connectivity index (χ4n) is 3.89. The summed E-state index contributed by atoms with van der Waals surface area (Å²) in [7, 11) is -4.03. The fraction of sp³-hybridized carbons (Fsp3) is 0.167. The Labute approximate surface area is 181 Å². The van der Waals surface area contributed by atoms with Crippen molar-refractivity contribution >= 4 is 21.0 Å². The van der Waals surface area contributed by atoms with Crippen LogP contribution in [-0.4, -0.2) is 30.1 Å². The number of hydrogen-bond donors (Lipinski definition) is 4. The zero-order valence-corrected chi connectivity index (χ0v) is 17.6. The number of benzene rings is 2. The molecule has 0 heterocycles. The molecule has 2 aliphatic carbocycles. The minimum atomic E-state index is -4.03. The van der Waals surface area contributed by atoms with Gasteiger partial charge in [0.1, 0.15) is 11.4 Å². The Morgan fingerprint density at radius 3 is 1.39 bits per heavy atom. The van der Waals surface area contributed by atoms with Crippen molar-refractivity contribution < 1.29 is 18.6 Å². The maximum absolute atomic E-state index is 13.9. The van der Waals surface area contributed by atoms with Gasteiger partial charge in [-0.1, -0.05) is 60.7 Å². The zero-order valence-electron chi connectivity index (χ0n) is 16.8. The molecule has 4 rings (SSSR count). The summed E-state index contributed by atoms with van der Waals surface area (Å²) in [5.41, 5.74) is 10.7. The number of hydrogen-bond acceptors (Lipinski definition) is 6. The quantitative estimate of drug-likeness (QED) is 0.545. The highest BCUT2D eigenvalue weighted by atomic mass is 32.2. The predicted octanol–water partition coefficient (Wildman–Crippen LogP) is 2.44. The minimum Gasteiger partial charge on any atom is -0.372 e. The van der Waals surface area contributed by atoms with Crippen molar-refractivity contribution in [3.05, 3.63) is 106 Å². The smallest absolute Gasteiger partial charge is 0.207 e. The molecule has 0 spiro atoms. The average molecular weight is 437 g/mol. The van der Waals surface area contributed by atoms with Crippen molar-refractivity contribution in [2.75, 3.05) is 0 Å². The summed E-state index contributed by atoms with van der Waals surface area (Å²) in [6.07, 6.45) is 5.19. The lowest BCUT2D eigenvalue weighted by atomic mass is 9.92. The highest BCUT2D eigenvalue weighted by Gasteiger charge is 2.36. The fourth-order valence-corrected chi connectivity index (χ4v) is 5.65. The maximum Gasteiger partial charge on any atom is 0.207 e. The number of aliphatic hydroxyl groups is 2. The first-order valence-electron chi connectivity index (χ1n) is 9.82. The van der Waals surface area contributed by atoms with Crippen LogP contribution in [0.3, 0.4) is 0 Å². The molecule has 0 bridgehead atoms. The van der Waals surface area contributed by atoms with Gasteiger partial charge >= 0.3 is 0 Å². The van der Waals surface area contributed by atoms with E-state index in [0.29, 0.717) is 22.3 Å². The van der Waals surface area contributed by atoms with E-state index in [9.17, 15) is 18.6 Å². The number of sulfone groups is 1. The van der Waals surface area contributed by atoms with E-state index in [1.165, 1.54) is 24.3 Å². The van der Waals surface area contributed by atoms with Gasteiger partial charge in [0.05, 0.1) is 9.81 Å². The molecule has 2 aromatic rings. The Hall–Kier alpha value is -2.81. The second kappa shape index (κ2) is 7.71. The molecule has 0 radical (unpaired) electrons. The van der Waals surface area contributed by atoms with Gasteiger partial charge in [0.25, 0.3) is 0 Å². The average Bonchev–Trinajstić information content (AvgIpc) is 2.73. The van der Waals surface area contributed by atoms with E-state index in [1.54, 1.807) is 48.5 Å². The highest BCUT2D eigenvalue weighted by molar-refractivity contribution is 7.99. The summed E-state index contributed by atoms with van der Waals surface area (Å²) in [4.78, 5) is 0.119. The molecule has 31 heavy (non-hydrogen) atoms. The van der Waals surface area contributed by atoms with Crippen LogP contribution in [0.2, 0.25) is 0 Å². The summed E-state index contributed by atoms with van der Waals surface area (Å²) in [5.74, 6) is 0.